The van der Waals surface area contributed by atoms with Crippen molar-refractivity contribution in [2.24, 2.45) is 5.73 Å². The van der Waals surface area contributed by atoms with Crippen molar-refractivity contribution in [3.8, 4) is 0 Å². The molecule has 4 nitrogen and oxygen atoms in total. The summed E-state index contributed by atoms with van der Waals surface area (Å²) < 4.78 is 0. The van der Waals surface area contributed by atoms with Gasteiger partial charge in [0.25, 0.3) is 5.91 Å². The van der Waals surface area contributed by atoms with Gasteiger partial charge in [0.05, 0.1) is 10.0 Å². The molecule has 0 fully saturated rings. The van der Waals surface area contributed by atoms with Gasteiger partial charge in [0.1, 0.15) is 5.70 Å². The van der Waals surface area contributed by atoms with Crippen molar-refractivity contribution in [2.75, 3.05) is 0 Å². The lowest BCUT2D eigenvalue weighted by atomic mass is 10.2. The van der Waals surface area contributed by atoms with E-state index in [4.69, 9.17) is 28.9 Å². The van der Waals surface area contributed by atoms with Crippen LogP contribution in [0.2, 0.25) is 10.0 Å². The number of carbonyl (C=O) groups excluding carboxylic acids is 2. The first kappa shape index (κ1) is 13.5. The van der Waals surface area contributed by atoms with E-state index >= 15 is 0 Å². The molecular formula is C11H10Cl2N2O2. The average Bonchev–Trinajstić information content (AvgIpc) is 2.21. The second-order valence-corrected chi connectivity index (χ2v) is 4.09. The zero-order chi connectivity index (χ0) is 13.0. The SMILES string of the molecule is CC(=O)NC(=Cc1ccc(Cl)c(Cl)c1)C(N)=O. The molecule has 0 radical (unpaired) electrons. The molecule has 0 unspecified atom stereocenters. The molecule has 0 aliphatic carbocycles. The predicted molar refractivity (Wildman–Crippen MR) is 67.5 cm³/mol. The predicted octanol–water partition coefficient (Wildman–Crippen LogP) is 1.96. The summed E-state index contributed by atoms with van der Waals surface area (Å²) in [6.45, 7) is 1.28. The number of nitrogens with two attached hydrogens (primary N) is 1. The third-order valence-electron chi connectivity index (χ3n) is 1.83. The molecule has 0 saturated carbocycles. The Morgan fingerprint density at radius 3 is 2.41 bits per heavy atom. The maximum absolute atomic E-state index is 11.1. The Hall–Kier alpha value is -1.52. The summed E-state index contributed by atoms with van der Waals surface area (Å²) in [5.74, 6) is -1.11. The standard InChI is InChI=1S/C11H10Cl2N2O2/c1-6(16)15-10(11(14)17)5-7-2-3-8(12)9(13)4-7/h2-5H,1H3,(H2,14,17)(H,15,16). The molecule has 0 saturated heterocycles. The van der Waals surface area contributed by atoms with Crippen molar-refractivity contribution in [1.29, 1.82) is 0 Å². The second-order valence-electron chi connectivity index (χ2n) is 3.28. The van der Waals surface area contributed by atoms with E-state index in [0.717, 1.165) is 0 Å². The molecular weight excluding hydrogens is 263 g/mol. The monoisotopic (exact) mass is 272 g/mol. The molecule has 0 aromatic heterocycles. The van der Waals surface area contributed by atoms with Gasteiger partial charge in [-0.25, -0.2) is 0 Å². The molecule has 3 N–H and O–H groups in total. The van der Waals surface area contributed by atoms with Gasteiger partial charge in [0.2, 0.25) is 5.91 Å². The molecule has 2 amide bonds. The minimum Gasteiger partial charge on any atom is -0.364 e. The zero-order valence-corrected chi connectivity index (χ0v) is 10.5. The van der Waals surface area contributed by atoms with Gasteiger partial charge in [0.15, 0.2) is 0 Å². The zero-order valence-electron chi connectivity index (χ0n) is 8.96. The Labute approximate surface area is 108 Å². The molecule has 90 valence electrons. The Morgan fingerprint density at radius 1 is 1.29 bits per heavy atom. The third kappa shape index (κ3) is 4.09. The highest BCUT2D eigenvalue weighted by atomic mass is 35.5. The molecule has 6 heteroatoms. The fraction of sp³-hybridized carbons (Fsp3) is 0.0909. The van der Waals surface area contributed by atoms with Crippen LogP contribution in [0.1, 0.15) is 12.5 Å². The van der Waals surface area contributed by atoms with Crippen LogP contribution in [0.5, 0.6) is 0 Å². The van der Waals surface area contributed by atoms with Gasteiger partial charge in [0, 0.05) is 6.92 Å². The summed E-state index contributed by atoms with van der Waals surface area (Å²) in [5.41, 5.74) is 5.73. The number of nitrogens with one attached hydrogen (secondary N) is 1. The van der Waals surface area contributed by atoms with Crippen molar-refractivity contribution in [3.05, 3.63) is 39.5 Å². The van der Waals surface area contributed by atoms with Crippen LogP contribution < -0.4 is 11.1 Å². The first-order valence-corrected chi connectivity index (χ1v) is 5.40. The van der Waals surface area contributed by atoms with Crippen LogP contribution in [-0.4, -0.2) is 11.8 Å². The maximum atomic E-state index is 11.1. The fourth-order valence-corrected chi connectivity index (χ4v) is 1.43. The summed E-state index contributed by atoms with van der Waals surface area (Å²) in [7, 11) is 0. The highest BCUT2D eigenvalue weighted by Crippen LogP contribution is 2.23. The van der Waals surface area contributed by atoms with Gasteiger partial charge in [-0.3, -0.25) is 9.59 Å². The fourth-order valence-electron chi connectivity index (χ4n) is 1.13. The number of amides is 2. The van der Waals surface area contributed by atoms with Gasteiger partial charge in [-0.05, 0) is 23.8 Å². The third-order valence-corrected chi connectivity index (χ3v) is 2.57. The number of halogens is 2. The average molecular weight is 273 g/mol. The van der Waals surface area contributed by atoms with E-state index < -0.39 is 5.91 Å². The van der Waals surface area contributed by atoms with Gasteiger partial charge in [-0.2, -0.15) is 0 Å². The number of primary amides is 1. The highest BCUT2D eigenvalue weighted by Gasteiger charge is 2.07. The van der Waals surface area contributed by atoms with E-state index in [-0.39, 0.29) is 11.6 Å². The maximum Gasteiger partial charge on any atom is 0.265 e. The van der Waals surface area contributed by atoms with Gasteiger partial charge >= 0.3 is 0 Å². The minimum absolute atomic E-state index is 0.00381. The Balaban J connectivity index is 3.08. The Morgan fingerprint density at radius 2 is 1.94 bits per heavy atom. The van der Waals surface area contributed by atoms with Crippen LogP contribution in [0.4, 0.5) is 0 Å². The largest absolute Gasteiger partial charge is 0.364 e. The first-order chi connectivity index (χ1) is 7.90. The molecule has 0 heterocycles. The molecule has 17 heavy (non-hydrogen) atoms. The van der Waals surface area contributed by atoms with E-state index in [1.165, 1.54) is 13.0 Å². The number of rotatable bonds is 3. The number of hydrogen-bond acceptors (Lipinski definition) is 2. The number of hydrogen-bond donors (Lipinski definition) is 2. The van der Waals surface area contributed by atoms with E-state index in [1.807, 2.05) is 0 Å². The van der Waals surface area contributed by atoms with Crippen LogP contribution in [0, 0.1) is 0 Å². The molecule has 1 rings (SSSR count). The molecule has 0 aliphatic rings. The lowest BCUT2D eigenvalue weighted by Gasteiger charge is -2.04. The summed E-state index contributed by atoms with van der Waals surface area (Å²) in [5, 5.41) is 3.09. The topological polar surface area (TPSA) is 72.2 Å². The molecule has 1 aromatic carbocycles. The molecule has 0 atom stereocenters. The molecule has 0 aliphatic heterocycles. The van der Waals surface area contributed by atoms with E-state index in [9.17, 15) is 9.59 Å². The van der Waals surface area contributed by atoms with Crippen molar-refractivity contribution in [1.82, 2.24) is 5.32 Å². The van der Waals surface area contributed by atoms with Crippen molar-refractivity contribution >= 4 is 41.1 Å². The first-order valence-electron chi connectivity index (χ1n) is 4.64. The summed E-state index contributed by atoms with van der Waals surface area (Å²) in [6, 6.07) is 4.80. The van der Waals surface area contributed by atoms with Crippen LogP contribution in [0.15, 0.2) is 23.9 Å². The van der Waals surface area contributed by atoms with Crippen molar-refractivity contribution in [2.45, 2.75) is 6.92 Å². The van der Waals surface area contributed by atoms with Gasteiger partial charge in [-0.1, -0.05) is 29.3 Å². The highest BCUT2D eigenvalue weighted by molar-refractivity contribution is 6.42. The van der Waals surface area contributed by atoms with Crippen LogP contribution in [0.3, 0.4) is 0 Å². The lowest BCUT2D eigenvalue weighted by molar-refractivity contribution is -0.121. The smallest absolute Gasteiger partial charge is 0.265 e. The Bertz CT molecular complexity index is 498. The minimum atomic E-state index is -0.730. The van der Waals surface area contributed by atoms with Crippen LogP contribution in [0.25, 0.3) is 6.08 Å². The number of benzene rings is 1. The molecule has 1 aromatic rings. The normalized spacial score (nSPS) is 11.1. The van der Waals surface area contributed by atoms with Crippen LogP contribution in [-0.2, 0) is 9.59 Å². The van der Waals surface area contributed by atoms with E-state index in [0.29, 0.717) is 15.6 Å². The van der Waals surface area contributed by atoms with E-state index in [1.54, 1.807) is 18.2 Å². The summed E-state index contributed by atoms with van der Waals surface area (Å²) >= 11 is 11.6. The summed E-state index contributed by atoms with van der Waals surface area (Å²) in [6.07, 6.45) is 1.42. The van der Waals surface area contributed by atoms with Crippen molar-refractivity contribution in [3.63, 3.8) is 0 Å². The van der Waals surface area contributed by atoms with Crippen LogP contribution >= 0.6 is 23.2 Å². The quantitative estimate of drug-likeness (QED) is 0.826. The van der Waals surface area contributed by atoms with Gasteiger partial charge < -0.3 is 11.1 Å². The van der Waals surface area contributed by atoms with Crippen molar-refractivity contribution < 1.29 is 9.59 Å². The molecule has 0 bridgehead atoms. The van der Waals surface area contributed by atoms with Gasteiger partial charge in [-0.15, -0.1) is 0 Å². The molecule has 0 spiro atoms. The second kappa shape index (κ2) is 5.70. The number of carbonyl (C=O) groups is 2. The summed E-state index contributed by atoms with van der Waals surface area (Å²) in [4.78, 5) is 21.9. The Kier molecular flexibility index (Phi) is 4.54. The van der Waals surface area contributed by atoms with E-state index in [2.05, 4.69) is 5.32 Å². The lowest BCUT2D eigenvalue weighted by Crippen LogP contribution is -2.29.